The minimum absolute atomic E-state index is 0.113. The third-order valence-electron chi connectivity index (χ3n) is 3.00. The van der Waals surface area contributed by atoms with Gasteiger partial charge in [-0.2, -0.15) is 0 Å². The highest BCUT2D eigenvalue weighted by atomic mass is 19.1. The molecule has 5 nitrogen and oxygen atoms in total. The molecule has 0 bridgehead atoms. The number of hydrogen-bond donors (Lipinski definition) is 1. The van der Waals surface area contributed by atoms with E-state index in [1.54, 1.807) is 24.3 Å². The predicted octanol–water partition coefficient (Wildman–Crippen LogP) is 2.59. The summed E-state index contributed by atoms with van der Waals surface area (Å²) in [5, 5.41) is 17.1. The Morgan fingerprint density at radius 1 is 1.14 bits per heavy atom. The zero-order valence-corrected chi connectivity index (χ0v) is 10.8. The standard InChI is InChI=1S/C15H10FN3O2/c16-11-3-1-2-10(8-11)15-14(9-20)17-18-19(15)12-4-6-13(21)7-5-12/h1-9,21H. The van der Waals surface area contributed by atoms with Gasteiger partial charge in [0.25, 0.3) is 0 Å². The molecule has 0 aliphatic rings. The Bertz CT molecular complexity index is 797. The molecule has 0 unspecified atom stereocenters. The topological polar surface area (TPSA) is 68.0 Å². The van der Waals surface area contributed by atoms with E-state index >= 15 is 0 Å². The molecular weight excluding hydrogens is 273 g/mol. The lowest BCUT2D eigenvalue weighted by molar-refractivity contribution is 0.111. The number of aromatic hydroxyl groups is 1. The molecule has 1 heterocycles. The number of carbonyl (C=O) groups excluding carboxylic acids is 1. The summed E-state index contributed by atoms with van der Waals surface area (Å²) in [7, 11) is 0. The minimum Gasteiger partial charge on any atom is -0.508 e. The smallest absolute Gasteiger partial charge is 0.172 e. The first kappa shape index (κ1) is 13.0. The molecule has 0 radical (unpaired) electrons. The third-order valence-corrected chi connectivity index (χ3v) is 3.00. The number of aromatic nitrogens is 3. The van der Waals surface area contributed by atoms with Crippen LogP contribution in [0.5, 0.6) is 5.75 Å². The van der Waals surface area contributed by atoms with Gasteiger partial charge in [0.2, 0.25) is 0 Å². The van der Waals surface area contributed by atoms with Crippen LogP contribution < -0.4 is 0 Å². The van der Waals surface area contributed by atoms with Crippen molar-refractivity contribution in [3.05, 3.63) is 60.0 Å². The maximum Gasteiger partial charge on any atom is 0.172 e. The number of rotatable bonds is 3. The van der Waals surface area contributed by atoms with Crippen LogP contribution in [-0.2, 0) is 0 Å². The second kappa shape index (κ2) is 5.16. The van der Waals surface area contributed by atoms with Crippen molar-refractivity contribution in [3.8, 4) is 22.7 Å². The van der Waals surface area contributed by atoms with Crippen LogP contribution in [0.1, 0.15) is 10.5 Å². The second-order valence-electron chi connectivity index (χ2n) is 4.38. The number of nitrogens with zero attached hydrogens (tertiary/aromatic N) is 3. The predicted molar refractivity (Wildman–Crippen MR) is 73.8 cm³/mol. The third kappa shape index (κ3) is 2.38. The molecule has 0 saturated heterocycles. The van der Waals surface area contributed by atoms with Gasteiger partial charge in [-0.1, -0.05) is 17.3 Å². The molecular formula is C15H10FN3O2. The van der Waals surface area contributed by atoms with Gasteiger partial charge in [-0.25, -0.2) is 9.07 Å². The first-order chi connectivity index (χ1) is 10.2. The van der Waals surface area contributed by atoms with Gasteiger partial charge in [-0.15, -0.1) is 5.10 Å². The Hall–Kier alpha value is -3.02. The van der Waals surface area contributed by atoms with Crippen LogP contribution in [0.3, 0.4) is 0 Å². The Balaban J connectivity index is 2.21. The molecule has 3 rings (SSSR count). The lowest BCUT2D eigenvalue weighted by Gasteiger charge is -2.07. The van der Waals surface area contributed by atoms with Gasteiger partial charge in [0.05, 0.1) is 5.69 Å². The van der Waals surface area contributed by atoms with E-state index < -0.39 is 5.82 Å². The average Bonchev–Trinajstić information content (AvgIpc) is 2.92. The monoisotopic (exact) mass is 283 g/mol. The van der Waals surface area contributed by atoms with E-state index in [2.05, 4.69) is 10.3 Å². The summed E-state index contributed by atoms with van der Waals surface area (Å²) < 4.78 is 14.8. The molecule has 0 amide bonds. The molecule has 6 heteroatoms. The second-order valence-corrected chi connectivity index (χ2v) is 4.38. The highest BCUT2D eigenvalue weighted by Gasteiger charge is 2.16. The molecule has 104 valence electrons. The van der Waals surface area contributed by atoms with E-state index in [0.717, 1.165) is 0 Å². The highest BCUT2D eigenvalue weighted by Crippen LogP contribution is 2.25. The maximum atomic E-state index is 13.4. The van der Waals surface area contributed by atoms with E-state index in [1.165, 1.54) is 28.9 Å². The molecule has 3 aromatic rings. The van der Waals surface area contributed by atoms with E-state index in [0.29, 0.717) is 23.2 Å². The molecule has 1 aromatic heterocycles. The fourth-order valence-electron chi connectivity index (χ4n) is 2.05. The summed E-state index contributed by atoms with van der Waals surface area (Å²) in [5.41, 5.74) is 1.62. The van der Waals surface area contributed by atoms with Crippen molar-refractivity contribution in [2.24, 2.45) is 0 Å². The van der Waals surface area contributed by atoms with Crippen LogP contribution in [0.4, 0.5) is 4.39 Å². The number of phenols is 1. The Morgan fingerprint density at radius 3 is 2.57 bits per heavy atom. The molecule has 2 aromatic carbocycles. The quantitative estimate of drug-likeness (QED) is 0.750. The van der Waals surface area contributed by atoms with Crippen molar-refractivity contribution in [2.45, 2.75) is 0 Å². The number of aldehydes is 1. The minimum atomic E-state index is -0.414. The molecule has 0 spiro atoms. The van der Waals surface area contributed by atoms with Crippen LogP contribution in [0, 0.1) is 5.82 Å². The summed E-state index contributed by atoms with van der Waals surface area (Å²) in [5.74, 6) is -0.301. The highest BCUT2D eigenvalue weighted by molar-refractivity contribution is 5.83. The average molecular weight is 283 g/mol. The van der Waals surface area contributed by atoms with Gasteiger partial charge in [0.15, 0.2) is 12.0 Å². The van der Waals surface area contributed by atoms with Crippen LogP contribution in [0.25, 0.3) is 16.9 Å². The van der Waals surface area contributed by atoms with Gasteiger partial charge < -0.3 is 5.11 Å². The number of phenolic OH excluding ortho intramolecular Hbond substituents is 1. The molecule has 1 N–H and O–H groups in total. The van der Waals surface area contributed by atoms with Gasteiger partial charge in [0.1, 0.15) is 17.3 Å². The maximum absolute atomic E-state index is 13.4. The zero-order valence-electron chi connectivity index (χ0n) is 10.8. The lowest BCUT2D eigenvalue weighted by Crippen LogP contribution is -2.00. The normalized spacial score (nSPS) is 10.5. The van der Waals surface area contributed by atoms with Crippen molar-refractivity contribution in [1.29, 1.82) is 0 Å². The molecule has 0 atom stereocenters. The summed E-state index contributed by atoms with van der Waals surface area (Å²) >= 11 is 0. The summed E-state index contributed by atoms with van der Waals surface area (Å²) in [6.07, 6.45) is 0.574. The Morgan fingerprint density at radius 2 is 1.90 bits per heavy atom. The van der Waals surface area contributed by atoms with E-state index in [-0.39, 0.29) is 11.4 Å². The Labute approximate surface area is 119 Å². The van der Waals surface area contributed by atoms with Gasteiger partial charge in [0, 0.05) is 5.56 Å². The summed E-state index contributed by atoms with van der Waals surface area (Å²) in [4.78, 5) is 11.1. The number of carbonyl (C=O) groups is 1. The first-order valence-corrected chi connectivity index (χ1v) is 6.15. The van der Waals surface area contributed by atoms with Crippen molar-refractivity contribution < 1.29 is 14.3 Å². The Kier molecular flexibility index (Phi) is 3.19. The zero-order chi connectivity index (χ0) is 14.8. The number of hydrogen-bond acceptors (Lipinski definition) is 4. The van der Waals surface area contributed by atoms with Crippen molar-refractivity contribution in [1.82, 2.24) is 15.0 Å². The van der Waals surface area contributed by atoms with E-state index in [9.17, 15) is 14.3 Å². The van der Waals surface area contributed by atoms with E-state index in [1.807, 2.05) is 0 Å². The number of benzene rings is 2. The molecule has 0 aliphatic heterocycles. The van der Waals surface area contributed by atoms with Crippen LogP contribution >= 0.6 is 0 Å². The van der Waals surface area contributed by atoms with Crippen LogP contribution in [0.15, 0.2) is 48.5 Å². The lowest BCUT2D eigenvalue weighted by atomic mass is 10.1. The van der Waals surface area contributed by atoms with E-state index in [4.69, 9.17) is 0 Å². The van der Waals surface area contributed by atoms with Crippen molar-refractivity contribution in [2.75, 3.05) is 0 Å². The summed E-state index contributed by atoms with van der Waals surface area (Å²) in [6, 6.07) is 12.1. The number of halogens is 1. The van der Waals surface area contributed by atoms with Gasteiger partial charge in [-0.05, 0) is 36.4 Å². The van der Waals surface area contributed by atoms with Crippen LogP contribution in [-0.4, -0.2) is 26.4 Å². The fourth-order valence-corrected chi connectivity index (χ4v) is 2.05. The van der Waals surface area contributed by atoms with Gasteiger partial charge in [-0.3, -0.25) is 4.79 Å². The van der Waals surface area contributed by atoms with Crippen molar-refractivity contribution >= 4 is 6.29 Å². The SMILES string of the molecule is O=Cc1nnn(-c2ccc(O)cc2)c1-c1cccc(F)c1. The molecule has 0 aliphatic carbocycles. The van der Waals surface area contributed by atoms with Gasteiger partial charge >= 0.3 is 0 Å². The van der Waals surface area contributed by atoms with Crippen molar-refractivity contribution in [3.63, 3.8) is 0 Å². The van der Waals surface area contributed by atoms with Crippen LogP contribution in [0.2, 0.25) is 0 Å². The largest absolute Gasteiger partial charge is 0.508 e. The first-order valence-electron chi connectivity index (χ1n) is 6.15. The summed E-state index contributed by atoms with van der Waals surface area (Å²) in [6.45, 7) is 0. The fraction of sp³-hybridized carbons (Fsp3) is 0. The molecule has 0 saturated carbocycles. The molecule has 21 heavy (non-hydrogen) atoms. The molecule has 0 fully saturated rings.